The van der Waals surface area contributed by atoms with Crippen LogP contribution in [0.4, 0.5) is 0 Å². The van der Waals surface area contributed by atoms with Crippen LogP contribution < -0.4 is 10.1 Å². The molecule has 0 radical (unpaired) electrons. The fourth-order valence-electron chi connectivity index (χ4n) is 3.52. The van der Waals surface area contributed by atoms with E-state index < -0.39 is 0 Å². The highest BCUT2D eigenvalue weighted by Crippen LogP contribution is 2.41. The summed E-state index contributed by atoms with van der Waals surface area (Å²) in [6, 6.07) is 8.64. The quantitative estimate of drug-likeness (QED) is 0.878. The van der Waals surface area contributed by atoms with Crippen molar-refractivity contribution in [1.82, 2.24) is 5.32 Å². The van der Waals surface area contributed by atoms with E-state index in [4.69, 9.17) is 4.74 Å². The average Bonchev–Trinajstić information content (AvgIpc) is 2.95. The van der Waals surface area contributed by atoms with Crippen LogP contribution in [-0.2, 0) is 5.54 Å². The molecule has 1 fully saturated rings. The monoisotopic (exact) mass is 261 g/mol. The van der Waals surface area contributed by atoms with Crippen molar-refractivity contribution in [3.63, 3.8) is 0 Å². The number of fused-ring (bicyclic) bond motifs is 1. The Morgan fingerprint density at radius 3 is 2.79 bits per heavy atom. The summed E-state index contributed by atoms with van der Waals surface area (Å²) >= 11 is 0. The van der Waals surface area contributed by atoms with E-state index >= 15 is 0 Å². The average molecular weight is 261 g/mol. The number of benzene rings is 1. The summed E-state index contributed by atoms with van der Waals surface area (Å²) < 4.78 is 5.81. The second kappa shape index (κ2) is 5.14. The molecule has 3 heteroatoms. The molecule has 1 aromatic carbocycles. The lowest BCUT2D eigenvalue weighted by Gasteiger charge is -2.45. The number of ether oxygens (including phenoxy) is 1. The van der Waals surface area contributed by atoms with Gasteiger partial charge in [0.2, 0.25) is 0 Å². The predicted octanol–water partition coefficient (Wildman–Crippen LogP) is 2.43. The third-order valence-corrected chi connectivity index (χ3v) is 4.76. The number of nitrogens with one attached hydrogen (secondary N) is 1. The fourth-order valence-corrected chi connectivity index (χ4v) is 3.52. The standard InChI is InChI=1S/C16H23NO2/c1-12-10-19-15-9-5-4-8-14(15)16(12,11-18)17-13-6-2-3-7-13/h4-5,8-9,12-13,17-18H,2-3,6-7,10-11H2,1H3. The lowest BCUT2D eigenvalue weighted by molar-refractivity contribution is 0.0468. The first kappa shape index (κ1) is 12.9. The van der Waals surface area contributed by atoms with Crippen molar-refractivity contribution >= 4 is 0 Å². The van der Waals surface area contributed by atoms with Gasteiger partial charge in [0, 0.05) is 17.5 Å². The Hall–Kier alpha value is -1.06. The molecule has 1 saturated carbocycles. The summed E-state index contributed by atoms with van der Waals surface area (Å²) in [5.41, 5.74) is 0.771. The van der Waals surface area contributed by atoms with Gasteiger partial charge in [0.25, 0.3) is 0 Å². The van der Waals surface area contributed by atoms with Gasteiger partial charge in [0.1, 0.15) is 5.75 Å². The Bertz CT molecular complexity index is 442. The molecular weight excluding hydrogens is 238 g/mol. The molecule has 1 aromatic rings. The zero-order valence-corrected chi connectivity index (χ0v) is 11.6. The van der Waals surface area contributed by atoms with E-state index in [1.807, 2.05) is 18.2 Å². The second-order valence-electron chi connectivity index (χ2n) is 5.96. The molecule has 1 aliphatic heterocycles. The largest absolute Gasteiger partial charge is 0.493 e. The van der Waals surface area contributed by atoms with Gasteiger partial charge in [0.05, 0.1) is 18.8 Å². The van der Waals surface area contributed by atoms with Gasteiger partial charge in [-0.2, -0.15) is 0 Å². The third-order valence-electron chi connectivity index (χ3n) is 4.76. The van der Waals surface area contributed by atoms with Crippen molar-refractivity contribution in [3.05, 3.63) is 29.8 Å². The normalized spacial score (nSPS) is 30.9. The van der Waals surface area contributed by atoms with Gasteiger partial charge in [-0.25, -0.2) is 0 Å². The summed E-state index contributed by atoms with van der Waals surface area (Å²) in [4.78, 5) is 0. The molecule has 1 aliphatic carbocycles. The second-order valence-corrected chi connectivity index (χ2v) is 5.96. The minimum absolute atomic E-state index is 0.130. The van der Waals surface area contributed by atoms with Crippen LogP contribution >= 0.6 is 0 Å². The van der Waals surface area contributed by atoms with Crippen LogP contribution in [0.15, 0.2) is 24.3 Å². The van der Waals surface area contributed by atoms with Gasteiger partial charge in [0.15, 0.2) is 0 Å². The van der Waals surface area contributed by atoms with E-state index in [0.717, 1.165) is 11.3 Å². The van der Waals surface area contributed by atoms with Crippen molar-refractivity contribution in [2.24, 2.45) is 5.92 Å². The van der Waals surface area contributed by atoms with Crippen LogP contribution in [0.1, 0.15) is 38.2 Å². The molecule has 2 atom stereocenters. The van der Waals surface area contributed by atoms with Gasteiger partial charge in [-0.05, 0) is 18.9 Å². The van der Waals surface area contributed by atoms with Crippen LogP contribution in [0, 0.1) is 5.92 Å². The molecule has 19 heavy (non-hydrogen) atoms. The van der Waals surface area contributed by atoms with Crippen LogP contribution in [0.25, 0.3) is 0 Å². The van der Waals surface area contributed by atoms with Gasteiger partial charge in [-0.1, -0.05) is 38.0 Å². The smallest absolute Gasteiger partial charge is 0.124 e. The Morgan fingerprint density at radius 2 is 2.05 bits per heavy atom. The van der Waals surface area contributed by atoms with E-state index in [1.54, 1.807) is 0 Å². The number of para-hydroxylation sites is 1. The predicted molar refractivity (Wildman–Crippen MR) is 75.3 cm³/mol. The van der Waals surface area contributed by atoms with E-state index in [0.29, 0.717) is 12.6 Å². The van der Waals surface area contributed by atoms with E-state index in [-0.39, 0.29) is 18.1 Å². The Morgan fingerprint density at radius 1 is 1.32 bits per heavy atom. The lowest BCUT2D eigenvalue weighted by atomic mass is 9.77. The first-order valence-electron chi connectivity index (χ1n) is 7.37. The van der Waals surface area contributed by atoms with Crippen molar-refractivity contribution in [1.29, 1.82) is 0 Å². The molecule has 0 aromatic heterocycles. The number of hydrogen-bond donors (Lipinski definition) is 2. The minimum Gasteiger partial charge on any atom is -0.493 e. The topological polar surface area (TPSA) is 41.5 Å². The maximum atomic E-state index is 10.1. The highest BCUT2D eigenvalue weighted by Gasteiger charge is 2.44. The van der Waals surface area contributed by atoms with E-state index in [9.17, 15) is 5.11 Å². The summed E-state index contributed by atoms with van der Waals surface area (Å²) in [5, 5.41) is 13.9. The van der Waals surface area contributed by atoms with Crippen molar-refractivity contribution < 1.29 is 9.84 Å². The molecule has 3 rings (SSSR count). The van der Waals surface area contributed by atoms with Crippen molar-refractivity contribution in [2.75, 3.05) is 13.2 Å². The zero-order chi connectivity index (χ0) is 13.3. The Kier molecular flexibility index (Phi) is 3.50. The fraction of sp³-hybridized carbons (Fsp3) is 0.625. The number of aliphatic hydroxyl groups excluding tert-OH is 1. The van der Waals surface area contributed by atoms with E-state index in [1.165, 1.54) is 25.7 Å². The number of aliphatic hydroxyl groups is 1. The van der Waals surface area contributed by atoms with Crippen LogP contribution in [0.3, 0.4) is 0 Å². The molecule has 1 heterocycles. The summed E-state index contributed by atoms with van der Waals surface area (Å²) in [5.74, 6) is 1.19. The molecule has 3 nitrogen and oxygen atoms in total. The lowest BCUT2D eigenvalue weighted by Crippen LogP contribution is -2.57. The van der Waals surface area contributed by atoms with E-state index in [2.05, 4.69) is 18.3 Å². The number of rotatable bonds is 3. The zero-order valence-electron chi connectivity index (χ0n) is 11.6. The van der Waals surface area contributed by atoms with Gasteiger partial charge >= 0.3 is 0 Å². The summed E-state index contributed by atoms with van der Waals surface area (Å²) in [6.07, 6.45) is 5.03. The van der Waals surface area contributed by atoms with Crippen molar-refractivity contribution in [2.45, 2.75) is 44.2 Å². The highest BCUT2D eigenvalue weighted by molar-refractivity contribution is 5.42. The molecule has 2 unspecified atom stereocenters. The summed E-state index contributed by atoms with van der Waals surface area (Å²) in [7, 11) is 0. The Labute approximate surface area is 115 Å². The third kappa shape index (κ3) is 2.15. The molecule has 0 amide bonds. The molecule has 0 saturated heterocycles. The maximum Gasteiger partial charge on any atom is 0.124 e. The first-order chi connectivity index (χ1) is 9.26. The molecule has 0 spiro atoms. The van der Waals surface area contributed by atoms with Crippen LogP contribution in [-0.4, -0.2) is 24.4 Å². The van der Waals surface area contributed by atoms with Crippen LogP contribution in [0.5, 0.6) is 5.75 Å². The molecule has 2 aliphatic rings. The SMILES string of the molecule is CC1COc2ccccc2C1(CO)NC1CCCC1. The van der Waals surface area contributed by atoms with Gasteiger partial charge < -0.3 is 15.2 Å². The molecular formula is C16H23NO2. The number of hydrogen-bond acceptors (Lipinski definition) is 3. The Balaban J connectivity index is 1.97. The maximum absolute atomic E-state index is 10.1. The van der Waals surface area contributed by atoms with Gasteiger partial charge in [-0.3, -0.25) is 0 Å². The van der Waals surface area contributed by atoms with Crippen molar-refractivity contribution in [3.8, 4) is 5.75 Å². The summed E-state index contributed by atoms with van der Waals surface area (Å²) in [6.45, 7) is 2.95. The van der Waals surface area contributed by atoms with Crippen LogP contribution in [0.2, 0.25) is 0 Å². The molecule has 2 N–H and O–H groups in total. The molecule has 104 valence electrons. The van der Waals surface area contributed by atoms with Gasteiger partial charge in [-0.15, -0.1) is 0 Å². The molecule has 0 bridgehead atoms. The first-order valence-corrected chi connectivity index (χ1v) is 7.37. The highest BCUT2D eigenvalue weighted by atomic mass is 16.5. The minimum atomic E-state index is -0.343.